The third-order valence-corrected chi connectivity index (χ3v) is 9.54. The van der Waals surface area contributed by atoms with Crippen LogP contribution in [0.25, 0.3) is 32.9 Å². The number of rotatable bonds is 7. The molecule has 0 radical (unpaired) electrons. The lowest BCUT2D eigenvalue weighted by Crippen LogP contribution is -2.43. The first-order valence-electron chi connectivity index (χ1n) is 15.5. The average Bonchev–Trinajstić information content (AvgIpc) is 3.63. The number of anilines is 1. The fraction of sp³-hybridized carbons (Fsp3) is 0.455. The Morgan fingerprint density at radius 1 is 0.978 bits per heavy atom. The lowest BCUT2D eigenvalue weighted by molar-refractivity contribution is -0.189. The average molecular weight is 642 g/mol. The molecule has 0 amide bonds. The summed E-state index contributed by atoms with van der Waals surface area (Å²) in [5, 5.41) is 1.14. The summed E-state index contributed by atoms with van der Waals surface area (Å²) >= 11 is 0. The Morgan fingerprint density at radius 2 is 1.70 bits per heavy atom. The van der Waals surface area contributed by atoms with Gasteiger partial charge < -0.3 is 14.4 Å². The smallest absolute Gasteiger partial charge is 0.422 e. The Labute approximate surface area is 261 Å². The molecule has 3 aliphatic rings. The quantitative estimate of drug-likeness (QED) is 0.168. The first kappa shape index (κ1) is 30.5. The van der Waals surface area contributed by atoms with E-state index in [1.807, 2.05) is 4.90 Å². The molecule has 3 saturated heterocycles. The van der Waals surface area contributed by atoms with Gasteiger partial charge in [0.05, 0.1) is 16.8 Å². The molecule has 5 heterocycles. The Hall–Kier alpha value is -4.13. The molecule has 0 unspecified atom stereocenters. The number of alkyl halides is 3. The third-order valence-electron chi connectivity index (χ3n) is 9.54. The summed E-state index contributed by atoms with van der Waals surface area (Å²) in [5.74, 6) is -2.52. The van der Waals surface area contributed by atoms with Crippen molar-refractivity contribution in [3.8, 4) is 17.3 Å². The van der Waals surface area contributed by atoms with Gasteiger partial charge in [-0.25, -0.2) is 8.78 Å². The van der Waals surface area contributed by atoms with Gasteiger partial charge in [0.2, 0.25) is 0 Å². The number of benzene rings is 2. The van der Waals surface area contributed by atoms with Gasteiger partial charge in [-0.15, -0.1) is 0 Å². The van der Waals surface area contributed by atoms with Crippen LogP contribution < -0.4 is 9.64 Å². The molecule has 3 fully saturated rings. The lowest BCUT2D eigenvalue weighted by Gasteiger charge is -2.33. The second kappa shape index (κ2) is 11.9. The van der Waals surface area contributed by atoms with Crippen LogP contribution >= 0.6 is 0 Å². The van der Waals surface area contributed by atoms with Crippen LogP contribution in [0.5, 0.6) is 6.01 Å². The largest absolute Gasteiger partial charge is 0.461 e. The van der Waals surface area contributed by atoms with Gasteiger partial charge in [0.15, 0.2) is 12.4 Å². The zero-order chi connectivity index (χ0) is 32.1. The third kappa shape index (κ3) is 5.69. The van der Waals surface area contributed by atoms with Crippen LogP contribution in [0.1, 0.15) is 38.5 Å². The zero-order valence-corrected chi connectivity index (χ0v) is 25.0. The molecule has 7 rings (SSSR count). The van der Waals surface area contributed by atoms with Gasteiger partial charge in [-0.05, 0) is 63.1 Å². The van der Waals surface area contributed by atoms with Crippen LogP contribution in [-0.4, -0.2) is 76.9 Å². The summed E-state index contributed by atoms with van der Waals surface area (Å²) in [6.07, 6.45) is 1.40. The number of halogens is 5. The Morgan fingerprint density at radius 3 is 2.41 bits per heavy atom. The number of nitrogens with zero attached hydrogens (tertiary/aromatic N) is 5. The standard InChI is InChI=1S/C33H32F5N5O3/c34-24-8-2-6-20-5-1-7-22(25(20)24)27-26(35)28-23(17-39-27)29(42-15-9-21(10-16-42)30(44)45-19-33(36,37)38)41-31(40-28)46-18-32-11-3-13-43(32)14-4-12-32/h1-2,5-8,17,21H,3-4,9-16,18-19H2. The first-order valence-corrected chi connectivity index (χ1v) is 15.5. The number of ether oxygens (including phenoxy) is 2. The molecule has 0 atom stereocenters. The molecule has 2 aromatic carbocycles. The number of hydrogen-bond acceptors (Lipinski definition) is 8. The van der Waals surface area contributed by atoms with E-state index < -0.39 is 36.3 Å². The summed E-state index contributed by atoms with van der Waals surface area (Å²) in [5.41, 5.74) is 0.0523. The van der Waals surface area contributed by atoms with Gasteiger partial charge in [-0.3, -0.25) is 14.7 Å². The molecule has 0 spiro atoms. The van der Waals surface area contributed by atoms with Crippen LogP contribution in [0.2, 0.25) is 0 Å². The minimum absolute atomic E-state index is 0.0116. The molecule has 0 aliphatic carbocycles. The minimum Gasteiger partial charge on any atom is -0.461 e. The summed E-state index contributed by atoms with van der Waals surface area (Å²) in [7, 11) is 0. The maximum absolute atomic E-state index is 16.5. The van der Waals surface area contributed by atoms with E-state index in [1.165, 1.54) is 12.3 Å². The molecule has 242 valence electrons. The van der Waals surface area contributed by atoms with Crippen molar-refractivity contribution in [1.82, 2.24) is 19.9 Å². The Bertz CT molecular complexity index is 1780. The molecule has 0 saturated carbocycles. The molecule has 8 nitrogen and oxygen atoms in total. The highest BCUT2D eigenvalue weighted by Gasteiger charge is 2.45. The zero-order valence-electron chi connectivity index (χ0n) is 25.0. The highest BCUT2D eigenvalue weighted by atomic mass is 19.4. The highest BCUT2D eigenvalue weighted by Crippen LogP contribution is 2.40. The van der Waals surface area contributed by atoms with Crippen molar-refractivity contribution < 1.29 is 36.2 Å². The van der Waals surface area contributed by atoms with E-state index in [-0.39, 0.29) is 59.6 Å². The highest BCUT2D eigenvalue weighted by molar-refractivity contribution is 5.99. The molecule has 46 heavy (non-hydrogen) atoms. The van der Waals surface area contributed by atoms with Crippen molar-refractivity contribution in [2.24, 2.45) is 5.92 Å². The van der Waals surface area contributed by atoms with Crippen LogP contribution in [0.4, 0.5) is 27.8 Å². The molecular formula is C33H32F5N5O3. The minimum atomic E-state index is -4.60. The molecule has 13 heteroatoms. The topological polar surface area (TPSA) is 80.7 Å². The summed E-state index contributed by atoms with van der Waals surface area (Å²) in [6.45, 7) is 1.23. The summed E-state index contributed by atoms with van der Waals surface area (Å²) < 4.78 is 80.0. The van der Waals surface area contributed by atoms with Gasteiger partial charge in [0.1, 0.15) is 29.5 Å². The van der Waals surface area contributed by atoms with Crippen LogP contribution in [0.15, 0.2) is 42.6 Å². The van der Waals surface area contributed by atoms with E-state index in [1.54, 1.807) is 30.3 Å². The van der Waals surface area contributed by atoms with Gasteiger partial charge >= 0.3 is 18.2 Å². The van der Waals surface area contributed by atoms with Crippen LogP contribution in [0, 0.1) is 17.6 Å². The van der Waals surface area contributed by atoms with Gasteiger partial charge in [-0.2, -0.15) is 23.1 Å². The number of esters is 1. The van der Waals surface area contributed by atoms with Crippen molar-refractivity contribution in [2.75, 3.05) is 44.3 Å². The number of fused-ring (bicyclic) bond motifs is 3. The van der Waals surface area contributed by atoms with Crippen molar-refractivity contribution in [3.05, 3.63) is 54.2 Å². The number of aromatic nitrogens is 3. The summed E-state index contributed by atoms with van der Waals surface area (Å²) in [4.78, 5) is 30.2. The monoisotopic (exact) mass is 641 g/mol. The van der Waals surface area contributed by atoms with Crippen molar-refractivity contribution in [1.29, 1.82) is 0 Å². The molecule has 0 N–H and O–H groups in total. The Kier molecular flexibility index (Phi) is 7.90. The second-order valence-corrected chi connectivity index (χ2v) is 12.3. The number of piperidine rings is 1. The van der Waals surface area contributed by atoms with E-state index >= 15 is 8.78 Å². The van der Waals surface area contributed by atoms with E-state index in [2.05, 4.69) is 24.6 Å². The maximum Gasteiger partial charge on any atom is 0.422 e. The molecule has 2 aromatic heterocycles. The number of hydrogen-bond donors (Lipinski definition) is 0. The van der Waals surface area contributed by atoms with Gasteiger partial charge in [0, 0.05) is 30.2 Å². The van der Waals surface area contributed by atoms with E-state index in [0.29, 0.717) is 23.2 Å². The van der Waals surface area contributed by atoms with Crippen molar-refractivity contribution >= 4 is 33.5 Å². The second-order valence-electron chi connectivity index (χ2n) is 12.3. The number of carbonyl (C=O) groups excluding carboxylic acids is 1. The molecule has 4 aromatic rings. The Balaban J connectivity index is 1.24. The molecule has 3 aliphatic heterocycles. The van der Waals surface area contributed by atoms with E-state index in [9.17, 15) is 18.0 Å². The van der Waals surface area contributed by atoms with Gasteiger partial charge in [0.25, 0.3) is 0 Å². The van der Waals surface area contributed by atoms with Crippen molar-refractivity contribution in [2.45, 2.75) is 50.2 Å². The first-order chi connectivity index (χ1) is 22.1. The normalized spacial score (nSPS) is 18.8. The fourth-order valence-corrected chi connectivity index (χ4v) is 7.27. The molecule has 0 bridgehead atoms. The van der Waals surface area contributed by atoms with Gasteiger partial charge in [-0.1, -0.05) is 30.3 Å². The molecular weight excluding hydrogens is 609 g/mol. The predicted octanol–water partition coefficient (Wildman–Crippen LogP) is 6.45. The maximum atomic E-state index is 16.5. The van der Waals surface area contributed by atoms with E-state index in [4.69, 9.17) is 4.74 Å². The van der Waals surface area contributed by atoms with E-state index in [0.717, 1.165) is 38.8 Å². The van der Waals surface area contributed by atoms with Crippen molar-refractivity contribution in [3.63, 3.8) is 0 Å². The fourth-order valence-electron chi connectivity index (χ4n) is 7.27. The SMILES string of the molecule is O=C(OCC(F)(F)F)C1CCN(c2nc(OCC34CCCN3CCC4)nc3c(F)c(-c4cccc5cccc(F)c45)ncc23)CC1. The lowest BCUT2D eigenvalue weighted by atomic mass is 9.95. The number of pyridine rings is 1. The number of carbonyl (C=O) groups is 1. The predicted molar refractivity (Wildman–Crippen MR) is 160 cm³/mol. The van der Waals surface area contributed by atoms with Crippen LogP contribution in [-0.2, 0) is 9.53 Å². The van der Waals surface area contributed by atoms with Crippen LogP contribution in [0.3, 0.4) is 0 Å². The summed E-state index contributed by atoms with van der Waals surface area (Å²) in [6, 6.07) is 9.69.